The van der Waals surface area contributed by atoms with Gasteiger partial charge in [-0.25, -0.2) is 8.42 Å². The van der Waals surface area contributed by atoms with Crippen LogP contribution in [-0.2, 0) is 20.6 Å². The van der Waals surface area contributed by atoms with E-state index in [0.717, 1.165) is 6.42 Å². The first kappa shape index (κ1) is 22.0. The van der Waals surface area contributed by atoms with E-state index in [1.54, 1.807) is 47.4 Å². The normalized spacial score (nSPS) is 15.7. The lowest BCUT2D eigenvalue weighted by Crippen LogP contribution is -2.42. The van der Waals surface area contributed by atoms with Crippen molar-refractivity contribution in [1.29, 1.82) is 0 Å². The minimum atomic E-state index is -3.68. The number of nitrogens with one attached hydrogen (secondary N) is 1. The number of anilines is 2. The smallest absolute Gasteiger partial charge is 0.237 e. The molecule has 3 rings (SSSR count). The van der Waals surface area contributed by atoms with Gasteiger partial charge in [0.25, 0.3) is 0 Å². The Hall–Kier alpha value is -2.74. The van der Waals surface area contributed by atoms with Crippen LogP contribution >= 0.6 is 0 Å². The standard InChI is InChI=1S/C22H28N2O5S/c1-5-12-24-18-11-10-17(13-20(18)29-15-22(2,3)21(24)25)23-30(26,27)14-16-8-6-7-9-19(16)28-4/h6-11,13,23H,5,12,14-15H2,1-4H3. The molecule has 0 atom stereocenters. The van der Waals surface area contributed by atoms with Crippen LogP contribution in [0.15, 0.2) is 42.5 Å². The quantitative estimate of drug-likeness (QED) is 0.719. The lowest BCUT2D eigenvalue weighted by atomic mass is 9.93. The average Bonchev–Trinajstić information content (AvgIpc) is 2.78. The molecule has 30 heavy (non-hydrogen) atoms. The van der Waals surface area contributed by atoms with Crippen LogP contribution in [0.2, 0.25) is 0 Å². The zero-order valence-electron chi connectivity index (χ0n) is 17.8. The Morgan fingerprint density at radius 2 is 1.93 bits per heavy atom. The lowest BCUT2D eigenvalue weighted by Gasteiger charge is -2.27. The molecule has 2 aromatic rings. The molecule has 1 amide bonds. The summed E-state index contributed by atoms with van der Waals surface area (Å²) in [7, 11) is -2.17. The minimum Gasteiger partial charge on any atom is -0.496 e. The van der Waals surface area contributed by atoms with Gasteiger partial charge in [-0.05, 0) is 38.5 Å². The predicted molar refractivity (Wildman–Crippen MR) is 118 cm³/mol. The topological polar surface area (TPSA) is 84.9 Å². The van der Waals surface area contributed by atoms with Crippen molar-refractivity contribution in [1.82, 2.24) is 0 Å². The Labute approximate surface area is 178 Å². The fourth-order valence-corrected chi connectivity index (χ4v) is 4.61. The number of benzene rings is 2. The van der Waals surface area contributed by atoms with E-state index in [0.29, 0.717) is 35.0 Å². The van der Waals surface area contributed by atoms with Gasteiger partial charge >= 0.3 is 0 Å². The molecule has 1 aliphatic heterocycles. The Kier molecular flexibility index (Phi) is 6.26. The molecule has 0 fully saturated rings. The van der Waals surface area contributed by atoms with Crippen LogP contribution < -0.4 is 19.1 Å². The minimum absolute atomic E-state index is 0.00685. The zero-order valence-corrected chi connectivity index (χ0v) is 18.6. The number of methoxy groups -OCH3 is 1. The molecular weight excluding hydrogens is 404 g/mol. The summed E-state index contributed by atoms with van der Waals surface area (Å²) in [6.45, 7) is 6.49. The molecule has 0 saturated carbocycles. The number of amides is 1. The average molecular weight is 433 g/mol. The molecule has 2 aromatic carbocycles. The van der Waals surface area contributed by atoms with E-state index in [9.17, 15) is 13.2 Å². The highest BCUT2D eigenvalue weighted by atomic mass is 32.2. The number of rotatable bonds is 7. The largest absolute Gasteiger partial charge is 0.496 e. The molecule has 1 N–H and O–H groups in total. The summed E-state index contributed by atoms with van der Waals surface area (Å²) in [5, 5.41) is 0. The second-order valence-corrected chi connectivity index (χ2v) is 9.71. The highest BCUT2D eigenvalue weighted by Crippen LogP contribution is 2.38. The van der Waals surface area contributed by atoms with Crippen LogP contribution in [-0.4, -0.2) is 34.6 Å². The van der Waals surface area contributed by atoms with Gasteiger partial charge in [0.2, 0.25) is 15.9 Å². The van der Waals surface area contributed by atoms with Crippen LogP contribution in [0.1, 0.15) is 32.8 Å². The summed E-state index contributed by atoms with van der Waals surface area (Å²) in [4.78, 5) is 14.6. The third kappa shape index (κ3) is 4.70. The van der Waals surface area contributed by atoms with E-state index in [4.69, 9.17) is 9.47 Å². The number of nitrogens with zero attached hydrogens (tertiary/aromatic N) is 1. The lowest BCUT2D eigenvalue weighted by molar-refractivity contribution is -0.127. The van der Waals surface area contributed by atoms with Crippen molar-refractivity contribution in [3.63, 3.8) is 0 Å². The van der Waals surface area contributed by atoms with Crippen molar-refractivity contribution in [2.24, 2.45) is 5.41 Å². The molecule has 0 aliphatic carbocycles. The van der Waals surface area contributed by atoms with Gasteiger partial charge in [-0.2, -0.15) is 0 Å². The zero-order chi connectivity index (χ0) is 21.9. The Balaban J connectivity index is 1.87. The summed E-state index contributed by atoms with van der Waals surface area (Å²) < 4.78 is 39.2. The van der Waals surface area contributed by atoms with E-state index in [1.807, 2.05) is 20.8 Å². The summed E-state index contributed by atoms with van der Waals surface area (Å²) in [6.07, 6.45) is 0.800. The van der Waals surface area contributed by atoms with Gasteiger partial charge in [0.05, 0.1) is 29.7 Å². The summed E-state index contributed by atoms with van der Waals surface area (Å²) in [5.41, 5.74) is 0.935. The fourth-order valence-electron chi connectivity index (χ4n) is 3.40. The molecule has 1 aliphatic rings. The molecule has 0 unspecified atom stereocenters. The third-order valence-electron chi connectivity index (χ3n) is 4.92. The van der Waals surface area contributed by atoms with Gasteiger partial charge in [0.15, 0.2) is 0 Å². The van der Waals surface area contributed by atoms with Gasteiger partial charge in [0.1, 0.15) is 18.1 Å². The third-order valence-corrected chi connectivity index (χ3v) is 6.16. The highest BCUT2D eigenvalue weighted by molar-refractivity contribution is 7.91. The van der Waals surface area contributed by atoms with Crippen LogP contribution in [0, 0.1) is 5.41 Å². The van der Waals surface area contributed by atoms with Crippen LogP contribution in [0.3, 0.4) is 0 Å². The van der Waals surface area contributed by atoms with Crippen LogP contribution in [0.25, 0.3) is 0 Å². The van der Waals surface area contributed by atoms with E-state index < -0.39 is 15.4 Å². The number of fused-ring (bicyclic) bond motifs is 1. The van der Waals surface area contributed by atoms with E-state index in [2.05, 4.69) is 4.72 Å². The summed E-state index contributed by atoms with van der Waals surface area (Å²) >= 11 is 0. The molecule has 1 heterocycles. The molecule has 0 radical (unpaired) electrons. The summed E-state index contributed by atoms with van der Waals surface area (Å²) in [5.74, 6) is 0.777. The highest BCUT2D eigenvalue weighted by Gasteiger charge is 2.37. The Bertz CT molecular complexity index is 1030. The van der Waals surface area contributed by atoms with Gasteiger partial charge in [-0.15, -0.1) is 0 Å². The number of hydrogen-bond donors (Lipinski definition) is 1. The van der Waals surface area contributed by atoms with Crippen molar-refractivity contribution >= 4 is 27.3 Å². The first-order chi connectivity index (χ1) is 14.2. The van der Waals surface area contributed by atoms with Crippen LogP contribution in [0.4, 0.5) is 11.4 Å². The molecular formula is C22H28N2O5S. The van der Waals surface area contributed by atoms with Crippen molar-refractivity contribution in [3.05, 3.63) is 48.0 Å². The Morgan fingerprint density at radius 1 is 1.20 bits per heavy atom. The summed E-state index contributed by atoms with van der Waals surface area (Å²) in [6, 6.07) is 12.0. The molecule has 162 valence electrons. The molecule has 0 aromatic heterocycles. The van der Waals surface area contributed by atoms with E-state index in [-0.39, 0.29) is 18.3 Å². The first-order valence-corrected chi connectivity index (χ1v) is 11.5. The predicted octanol–water partition coefficient (Wildman–Crippen LogP) is 3.80. The number of carbonyl (C=O) groups is 1. The molecule has 0 spiro atoms. The monoisotopic (exact) mass is 432 g/mol. The van der Waals surface area contributed by atoms with Gasteiger partial charge < -0.3 is 14.4 Å². The maximum Gasteiger partial charge on any atom is 0.237 e. The van der Waals surface area contributed by atoms with Crippen molar-refractivity contribution in [2.45, 2.75) is 32.9 Å². The van der Waals surface area contributed by atoms with Crippen molar-refractivity contribution in [2.75, 3.05) is 29.9 Å². The number of ether oxygens (including phenoxy) is 2. The molecule has 8 heteroatoms. The SMILES string of the molecule is CCCN1C(=O)C(C)(C)COc2cc(NS(=O)(=O)Cc3ccccc3OC)ccc21. The van der Waals surface area contributed by atoms with E-state index in [1.165, 1.54) is 7.11 Å². The first-order valence-electron chi connectivity index (χ1n) is 9.88. The maximum atomic E-state index is 12.9. The fraction of sp³-hybridized carbons (Fsp3) is 0.409. The van der Waals surface area contributed by atoms with Crippen molar-refractivity contribution < 1.29 is 22.7 Å². The second kappa shape index (κ2) is 8.55. The van der Waals surface area contributed by atoms with Crippen LogP contribution in [0.5, 0.6) is 11.5 Å². The molecule has 7 nitrogen and oxygen atoms in total. The van der Waals surface area contributed by atoms with Crippen molar-refractivity contribution in [3.8, 4) is 11.5 Å². The molecule has 0 bridgehead atoms. The Morgan fingerprint density at radius 3 is 2.63 bits per heavy atom. The van der Waals surface area contributed by atoms with Gasteiger partial charge in [0, 0.05) is 18.2 Å². The van der Waals surface area contributed by atoms with E-state index >= 15 is 0 Å². The maximum absolute atomic E-state index is 12.9. The number of carbonyl (C=O) groups excluding carboxylic acids is 1. The molecule has 0 saturated heterocycles. The second-order valence-electron chi connectivity index (χ2n) is 7.98. The number of para-hydroxylation sites is 1. The van der Waals surface area contributed by atoms with Gasteiger partial charge in [-0.3, -0.25) is 9.52 Å². The number of sulfonamides is 1. The van der Waals surface area contributed by atoms with Gasteiger partial charge in [-0.1, -0.05) is 25.1 Å². The number of hydrogen-bond acceptors (Lipinski definition) is 5.